The Labute approximate surface area is 126 Å². The van der Waals surface area contributed by atoms with Gasteiger partial charge in [-0.05, 0) is 42.5 Å². The van der Waals surface area contributed by atoms with Crippen molar-refractivity contribution in [2.75, 3.05) is 5.73 Å². The highest BCUT2D eigenvalue weighted by Gasteiger charge is 2.18. The van der Waals surface area contributed by atoms with Gasteiger partial charge in [-0.25, -0.2) is 9.37 Å². The summed E-state index contributed by atoms with van der Waals surface area (Å²) in [4.78, 5) is 3.95. The minimum Gasteiger partial charge on any atom is -0.384 e. The maximum absolute atomic E-state index is 12.9. The van der Waals surface area contributed by atoms with Crippen molar-refractivity contribution in [3.05, 3.63) is 60.4 Å². The molecule has 0 bridgehead atoms. The van der Waals surface area contributed by atoms with Crippen LogP contribution < -0.4 is 9.92 Å². The van der Waals surface area contributed by atoms with Crippen molar-refractivity contribution in [3.63, 3.8) is 0 Å². The lowest BCUT2D eigenvalue weighted by atomic mass is 10.2. The molecular weight excluding hydrogens is 307 g/mol. The van der Waals surface area contributed by atoms with Gasteiger partial charge in [-0.2, -0.15) is 8.42 Å². The van der Waals surface area contributed by atoms with Gasteiger partial charge in [0.05, 0.1) is 0 Å². The Balaban J connectivity index is 2.06. The van der Waals surface area contributed by atoms with E-state index in [1.807, 2.05) is 0 Å². The summed E-state index contributed by atoms with van der Waals surface area (Å²) in [7, 11) is -4.08. The predicted molar refractivity (Wildman–Crippen MR) is 80.4 cm³/mol. The summed E-state index contributed by atoms with van der Waals surface area (Å²) in [5.74, 6) is -0.213. The fourth-order valence-electron chi connectivity index (χ4n) is 1.97. The predicted octanol–water partition coefficient (Wildman–Crippen LogP) is 2.72. The number of fused-ring (bicyclic) bond motifs is 1. The first-order valence-corrected chi connectivity index (χ1v) is 7.72. The van der Waals surface area contributed by atoms with Crippen LogP contribution in [-0.2, 0) is 10.1 Å². The Bertz CT molecular complexity index is 941. The van der Waals surface area contributed by atoms with Crippen LogP contribution in [0.15, 0.2) is 59.5 Å². The van der Waals surface area contributed by atoms with Crippen molar-refractivity contribution >= 4 is 26.8 Å². The highest BCUT2D eigenvalue weighted by Crippen LogP contribution is 2.27. The molecule has 0 aliphatic heterocycles. The number of benzene rings is 2. The van der Waals surface area contributed by atoms with Crippen LogP contribution in [0.5, 0.6) is 5.75 Å². The van der Waals surface area contributed by atoms with Crippen LogP contribution in [0.25, 0.3) is 10.9 Å². The average molecular weight is 318 g/mol. The molecule has 0 aliphatic carbocycles. The van der Waals surface area contributed by atoms with Crippen molar-refractivity contribution in [1.82, 2.24) is 4.98 Å². The maximum atomic E-state index is 12.9. The largest absolute Gasteiger partial charge is 0.384 e. The highest BCUT2D eigenvalue weighted by molar-refractivity contribution is 7.87. The molecule has 0 unspecified atom stereocenters. The van der Waals surface area contributed by atoms with E-state index in [1.54, 1.807) is 24.3 Å². The third kappa shape index (κ3) is 2.71. The average Bonchev–Trinajstić information content (AvgIpc) is 2.48. The van der Waals surface area contributed by atoms with Crippen molar-refractivity contribution < 1.29 is 17.0 Å². The molecule has 0 saturated carbocycles. The van der Waals surface area contributed by atoms with Gasteiger partial charge in [-0.3, -0.25) is 0 Å². The Hall–Kier alpha value is -2.67. The summed E-state index contributed by atoms with van der Waals surface area (Å²) in [5.41, 5.74) is 5.97. The van der Waals surface area contributed by atoms with E-state index in [-0.39, 0.29) is 16.5 Å². The Morgan fingerprint density at radius 2 is 1.73 bits per heavy atom. The number of halogens is 1. The molecule has 2 aromatic carbocycles. The lowest BCUT2D eigenvalue weighted by molar-refractivity contribution is 0.488. The summed E-state index contributed by atoms with van der Waals surface area (Å²) in [6, 6.07) is 12.6. The number of anilines is 1. The summed E-state index contributed by atoms with van der Waals surface area (Å²) < 4.78 is 42.5. The standard InChI is InChI=1S/C15H11FN2O3S/c16-11-5-7-12(8-6-11)22(19,20)21-13-3-1-2-10-4-9-14(17)18-15(10)13/h1-9H,(H2,17,18). The van der Waals surface area contributed by atoms with Crippen LogP contribution in [0.1, 0.15) is 0 Å². The fourth-order valence-corrected chi connectivity index (χ4v) is 2.91. The fraction of sp³-hybridized carbons (Fsp3) is 0. The van der Waals surface area contributed by atoms with Crippen LogP contribution in [0.3, 0.4) is 0 Å². The molecular formula is C15H11FN2O3S. The van der Waals surface area contributed by atoms with Crippen molar-refractivity contribution in [1.29, 1.82) is 0 Å². The van der Waals surface area contributed by atoms with Crippen LogP contribution in [-0.4, -0.2) is 13.4 Å². The molecule has 1 aromatic heterocycles. The van der Waals surface area contributed by atoms with Crippen LogP contribution in [0.4, 0.5) is 10.2 Å². The van der Waals surface area contributed by atoms with Crippen molar-refractivity contribution in [3.8, 4) is 5.75 Å². The lowest BCUT2D eigenvalue weighted by Crippen LogP contribution is -2.10. The van der Waals surface area contributed by atoms with Gasteiger partial charge in [0.25, 0.3) is 0 Å². The summed E-state index contributed by atoms with van der Waals surface area (Å²) >= 11 is 0. The second-order valence-corrected chi connectivity index (χ2v) is 6.10. The number of nitrogens with zero attached hydrogens (tertiary/aromatic N) is 1. The highest BCUT2D eigenvalue weighted by atomic mass is 32.2. The molecule has 0 atom stereocenters. The molecule has 0 radical (unpaired) electrons. The van der Waals surface area contributed by atoms with E-state index in [0.717, 1.165) is 24.3 Å². The normalized spacial score (nSPS) is 11.5. The second-order valence-electron chi connectivity index (χ2n) is 4.56. The monoisotopic (exact) mass is 318 g/mol. The molecule has 0 saturated heterocycles. The molecule has 2 N–H and O–H groups in total. The molecule has 3 rings (SSSR count). The third-order valence-electron chi connectivity index (χ3n) is 3.01. The topological polar surface area (TPSA) is 82.3 Å². The van der Waals surface area contributed by atoms with E-state index in [2.05, 4.69) is 4.98 Å². The smallest absolute Gasteiger partial charge is 0.339 e. The molecule has 0 spiro atoms. The number of hydrogen-bond acceptors (Lipinski definition) is 5. The van der Waals surface area contributed by atoms with Gasteiger partial charge in [0.2, 0.25) is 0 Å². The Morgan fingerprint density at radius 3 is 2.45 bits per heavy atom. The van der Waals surface area contributed by atoms with Gasteiger partial charge in [0.15, 0.2) is 5.75 Å². The number of aromatic nitrogens is 1. The summed E-state index contributed by atoms with van der Waals surface area (Å²) in [6.45, 7) is 0. The summed E-state index contributed by atoms with van der Waals surface area (Å²) in [5, 5.41) is 0.695. The van der Waals surface area contributed by atoms with E-state index in [0.29, 0.717) is 10.9 Å². The van der Waals surface area contributed by atoms with Crippen LogP contribution >= 0.6 is 0 Å². The first kappa shape index (κ1) is 14.3. The lowest BCUT2D eigenvalue weighted by Gasteiger charge is -2.09. The number of pyridine rings is 1. The SMILES string of the molecule is Nc1ccc2cccc(OS(=O)(=O)c3ccc(F)cc3)c2n1. The molecule has 0 amide bonds. The quantitative estimate of drug-likeness (QED) is 0.751. The molecule has 7 heteroatoms. The third-order valence-corrected chi connectivity index (χ3v) is 4.26. The molecule has 5 nitrogen and oxygen atoms in total. The first-order valence-electron chi connectivity index (χ1n) is 6.31. The van der Waals surface area contributed by atoms with Crippen molar-refractivity contribution in [2.45, 2.75) is 4.90 Å². The second kappa shape index (κ2) is 5.27. The molecule has 1 heterocycles. The van der Waals surface area contributed by atoms with Crippen molar-refractivity contribution in [2.24, 2.45) is 0 Å². The molecule has 112 valence electrons. The number of nitrogen functional groups attached to an aromatic ring is 1. The zero-order chi connectivity index (χ0) is 15.7. The minimum atomic E-state index is -4.08. The summed E-state index contributed by atoms with van der Waals surface area (Å²) in [6.07, 6.45) is 0. The Morgan fingerprint density at radius 1 is 1.00 bits per heavy atom. The van der Waals surface area contributed by atoms with Gasteiger partial charge < -0.3 is 9.92 Å². The van der Waals surface area contributed by atoms with E-state index < -0.39 is 15.9 Å². The first-order chi connectivity index (χ1) is 10.5. The van der Waals surface area contributed by atoms with Gasteiger partial charge in [-0.1, -0.05) is 12.1 Å². The van der Waals surface area contributed by atoms with Crippen LogP contribution in [0, 0.1) is 5.82 Å². The molecule has 3 aromatic rings. The van der Waals surface area contributed by atoms with Gasteiger partial charge in [0, 0.05) is 5.39 Å². The Kier molecular flexibility index (Phi) is 3.42. The molecule has 0 fully saturated rings. The van der Waals surface area contributed by atoms with Gasteiger partial charge in [0.1, 0.15) is 22.0 Å². The van der Waals surface area contributed by atoms with E-state index in [1.165, 1.54) is 6.07 Å². The zero-order valence-corrected chi connectivity index (χ0v) is 12.0. The number of para-hydroxylation sites is 1. The maximum Gasteiger partial charge on any atom is 0.339 e. The van der Waals surface area contributed by atoms with Gasteiger partial charge in [-0.15, -0.1) is 0 Å². The number of hydrogen-bond donors (Lipinski definition) is 1. The van der Waals surface area contributed by atoms with E-state index in [4.69, 9.17) is 9.92 Å². The molecule has 22 heavy (non-hydrogen) atoms. The van der Waals surface area contributed by atoms with E-state index >= 15 is 0 Å². The van der Waals surface area contributed by atoms with Crippen LogP contribution in [0.2, 0.25) is 0 Å². The van der Waals surface area contributed by atoms with E-state index in [9.17, 15) is 12.8 Å². The minimum absolute atomic E-state index is 0.0640. The zero-order valence-electron chi connectivity index (χ0n) is 11.2. The van der Waals surface area contributed by atoms with Gasteiger partial charge >= 0.3 is 10.1 Å². The number of nitrogens with two attached hydrogens (primary N) is 1. The number of rotatable bonds is 3. The molecule has 0 aliphatic rings.